The van der Waals surface area contributed by atoms with E-state index in [0.717, 1.165) is 53.0 Å². The van der Waals surface area contributed by atoms with Crippen LogP contribution in [0.5, 0.6) is 0 Å². The van der Waals surface area contributed by atoms with Crippen molar-refractivity contribution in [3.05, 3.63) is 119 Å². The Morgan fingerprint density at radius 3 is 1.51 bits per heavy atom. The number of carboxylic acids is 1. The smallest absolute Gasteiger partial charge is 0.335 e. The SMILES string of the molecule is C.CCOC(=O)C(C(=O)OCC)(C(=O)OCC)[C@H]1CCCc2cc(Sc3ccccc3)ccc21.O=C(O)C[C@H]1CCCc2cc(Sc3ccccc3)ccc21. The fraction of sp³-hybridized carbons (Fsp3) is 0.378. The zero-order valence-corrected chi connectivity index (χ0v) is 32.7. The lowest BCUT2D eigenvalue weighted by Gasteiger charge is -2.37. The lowest BCUT2D eigenvalue weighted by atomic mass is 9.66. The molecule has 8 nitrogen and oxygen atoms in total. The Bertz CT molecular complexity index is 1850. The van der Waals surface area contributed by atoms with Crippen molar-refractivity contribution in [3.63, 3.8) is 0 Å². The number of carbonyl (C=O) groups is 4. The van der Waals surface area contributed by atoms with Gasteiger partial charge in [0, 0.05) is 25.5 Å². The minimum atomic E-state index is -2.19. The molecule has 4 aromatic carbocycles. The second kappa shape index (κ2) is 20.9. The van der Waals surface area contributed by atoms with Gasteiger partial charge in [-0.1, -0.05) is 79.5 Å². The van der Waals surface area contributed by atoms with Crippen LogP contribution in [0.1, 0.15) is 94.4 Å². The monoisotopic (exact) mass is 784 g/mol. The summed E-state index contributed by atoms with van der Waals surface area (Å²) in [4.78, 5) is 55.5. The molecule has 0 heterocycles. The molecular weight excluding hydrogens is 733 g/mol. The maximum Gasteiger partial charge on any atom is 0.335 e. The van der Waals surface area contributed by atoms with Crippen molar-refractivity contribution in [3.8, 4) is 0 Å². The zero-order chi connectivity index (χ0) is 38.5. The van der Waals surface area contributed by atoms with Crippen molar-refractivity contribution in [1.82, 2.24) is 0 Å². The van der Waals surface area contributed by atoms with Crippen LogP contribution >= 0.6 is 23.5 Å². The molecule has 0 spiro atoms. The molecule has 0 aromatic heterocycles. The normalized spacial score (nSPS) is 15.8. The number of aliphatic carboxylic acids is 1. The number of aryl methyl sites for hydroxylation is 2. The van der Waals surface area contributed by atoms with Gasteiger partial charge in [0.2, 0.25) is 0 Å². The molecule has 2 atom stereocenters. The molecule has 1 N–H and O–H groups in total. The Balaban J connectivity index is 0.000000263. The molecule has 10 heteroatoms. The van der Waals surface area contributed by atoms with Crippen LogP contribution in [0.4, 0.5) is 0 Å². The van der Waals surface area contributed by atoms with E-state index in [2.05, 4.69) is 36.4 Å². The summed E-state index contributed by atoms with van der Waals surface area (Å²) in [6.07, 6.45) is 5.37. The fourth-order valence-electron chi connectivity index (χ4n) is 7.34. The first-order chi connectivity index (χ1) is 26.2. The van der Waals surface area contributed by atoms with Crippen LogP contribution in [-0.2, 0) is 46.2 Å². The molecule has 0 saturated heterocycles. The summed E-state index contributed by atoms with van der Waals surface area (Å²) in [7, 11) is 0. The van der Waals surface area contributed by atoms with Gasteiger partial charge in [-0.3, -0.25) is 19.2 Å². The van der Waals surface area contributed by atoms with Gasteiger partial charge < -0.3 is 19.3 Å². The van der Waals surface area contributed by atoms with E-state index in [0.29, 0.717) is 6.42 Å². The topological polar surface area (TPSA) is 116 Å². The molecule has 4 aromatic rings. The largest absolute Gasteiger partial charge is 0.481 e. The van der Waals surface area contributed by atoms with E-state index >= 15 is 0 Å². The molecule has 0 unspecified atom stereocenters. The van der Waals surface area contributed by atoms with E-state index in [1.54, 1.807) is 44.3 Å². The lowest BCUT2D eigenvalue weighted by Crippen LogP contribution is -2.54. The number of carboxylic acid groups (broad SMARTS) is 1. The maximum atomic E-state index is 13.3. The molecule has 2 aliphatic rings. The molecule has 0 aliphatic heterocycles. The van der Waals surface area contributed by atoms with E-state index in [1.807, 2.05) is 60.7 Å². The van der Waals surface area contributed by atoms with Crippen molar-refractivity contribution in [2.24, 2.45) is 5.41 Å². The van der Waals surface area contributed by atoms with Gasteiger partial charge in [-0.05, 0) is 136 Å². The first-order valence-corrected chi connectivity index (χ1v) is 20.3. The van der Waals surface area contributed by atoms with Crippen molar-refractivity contribution in [2.45, 2.75) is 105 Å². The van der Waals surface area contributed by atoms with Crippen molar-refractivity contribution < 1.29 is 38.5 Å². The Hall–Kier alpha value is -4.54. The lowest BCUT2D eigenvalue weighted by molar-refractivity contribution is -0.186. The van der Waals surface area contributed by atoms with Gasteiger partial charge in [0.25, 0.3) is 5.41 Å². The average molecular weight is 785 g/mol. The molecule has 0 bridgehead atoms. The number of hydrogen-bond acceptors (Lipinski definition) is 9. The molecule has 292 valence electrons. The highest BCUT2D eigenvalue weighted by Gasteiger charge is 2.63. The summed E-state index contributed by atoms with van der Waals surface area (Å²) < 4.78 is 15.8. The minimum absolute atomic E-state index is 0. The van der Waals surface area contributed by atoms with Crippen molar-refractivity contribution in [1.29, 1.82) is 0 Å². The van der Waals surface area contributed by atoms with E-state index in [9.17, 15) is 19.2 Å². The minimum Gasteiger partial charge on any atom is -0.481 e. The summed E-state index contributed by atoms with van der Waals surface area (Å²) in [6.45, 7) is 5.02. The van der Waals surface area contributed by atoms with Gasteiger partial charge in [-0.25, -0.2) is 0 Å². The van der Waals surface area contributed by atoms with E-state index in [1.165, 1.54) is 20.9 Å². The van der Waals surface area contributed by atoms with Crippen LogP contribution in [0, 0.1) is 5.41 Å². The second-order valence-electron chi connectivity index (χ2n) is 13.2. The van der Waals surface area contributed by atoms with Gasteiger partial charge in [0.15, 0.2) is 0 Å². The van der Waals surface area contributed by atoms with Crippen LogP contribution in [0.15, 0.2) is 117 Å². The predicted octanol–water partition coefficient (Wildman–Crippen LogP) is 10.3. The Labute approximate surface area is 333 Å². The molecule has 0 fully saturated rings. The van der Waals surface area contributed by atoms with Crippen LogP contribution in [0.2, 0.25) is 0 Å². The van der Waals surface area contributed by atoms with Crippen LogP contribution in [0.3, 0.4) is 0 Å². The third-order valence-electron chi connectivity index (χ3n) is 9.68. The highest BCUT2D eigenvalue weighted by Crippen LogP contribution is 2.48. The van der Waals surface area contributed by atoms with Gasteiger partial charge in [-0.2, -0.15) is 0 Å². The maximum absolute atomic E-state index is 13.3. The van der Waals surface area contributed by atoms with Gasteiger partial charge in [-0.15, -0.1) is 0 Å². The molecule has 2 aliphatic carbocycles. The summed E-state index contributed by atoms with van der Waals surface area (Å²) >= 11 is 3.40. The van der Waals surface area contributed by atoms with Gasteiger partial charge in [0.05, 0.1) is 26.2 Å². The molecule has 0 saturated carbocycles. The number of esters is 3. The predicted molar refractivity (Wildman–Crippen MR) is 217 cm³/mol. The fourth-order valence-corrected chi connectivity index (χ4v) is 9.15. The first kappa shape index (κ1) is 43.2. The third-order valence-corrected chi connectivity index (χ3v) is 11.7. The molecule has 55 heavy (non-hydrogen) atoms. The van der Waals surface area contributed by atoms with Gasteiger partial charge >= 0.3 is 23.9 Å². The van der Waals surface area contributed by atoms with E-state index in [4.69, 9.17) is 19.3 Å². The quantitative estimate of drug-likeness (QED) is 0.0798. The summed E-state index contributed by atoms with van der Waals surface area (Å²) in [5.74, 6) is -3.99. The second-order valence-corrected chi connectivity index (χ2v) is 15.4. The third kappa shape index (κ3) is 10.6. The standard InChI is InChI=1S/C26H30O6S.C18H18O2S.CH4/c1-4-30-23(27)26(24(28)31-5-2,25(29)32-6-3)22-14-10-11-18-17-20(15-16-21(18)22)33-19-12-8-7-9-13-19;19-18(20)12-14-6-4-5-13-11-16(9-10-17(13)14)21-15-7-2-1-3-8-15;/h7-9,12-13,15-17,22H,4-6,10-11,14H2,1-3H3;1-3,7-11,14H,4-6,12H2,(H,19,20);1H4/t22-;14-;/m01./s1. The van der Waals surface area contributed by atoms with Gasteiger partial charge in [0.1, 0.15) is 0 Å². The number of fused-ring (bicyclic) bond motifs is 2. The number of benzene rings is 4. The number of hydrogen-bond donors (Lipinski definition) is 1. The van der Waals surface area contributed by atoms with Crippen LogP contribution in [0.25, 0.3) is 0 Å². The van der Waals surface area contributed by atoms with Crippen molar-refractivity contribution >= 4 is 47.4 Å². The summed E-state index contributed by atoms with van der Waals surface area (Å²) in [5, 5.41) is 9.04. The molecular formula is C45H52O8S2. The summed E-state index contributed by atoms with van der Waals surface area (Å²) in [6, 6.07) is 32.8. The van der Waals surface area contributed by atoms with Crippen LogP contribution < -0.4 is 0 Å². The average Bonchev–Trinajstić information content (AvgIpc) is 3.16. The number of carbonyl (C=O) groups excluding carboxylic acids is 3. The molecule has 0 amide bonds. The highest BCUT2D eigenvalue weighted by atomic mass is 32.2. The zero-order valence-electron chi connectivity index (χ0n) is 31.1. The molecule has 6 rings (SSSR count). The van der Waals surface area contributed by atoms with Crippen LogP contribution in [-0.4, -0.2) is 48.8 Å². The molecule has 0 radical (unpaired) electrons. The Morgan fingerprint density at radius 2 is 1.05 bits per heavy atom. The number of rotatable bonds is 13. The Morgan fingerprint density at radius 1 is 0.618 bits per heavy atom. The first-order valence-electron chi connectivity index (χ1n) is 18.7. The Kier molecular flexibility index (Phi) is 16.5. The van der Waals surface area contributed by atoms with E-state index in [-0.39, 0.29) is 39.6 Å². The summed E-state index contributed by atoms with van der Waals surface area (Å²) in [5.41, 5.74) is 2.17. The van der Waals surface area contributed by atoms with Crippen molar-refractivity contribution in [2.75, 3.05) is 19.8 Å². The number of ether oxygens (including phenoxy) is 3. The van der Waals surface area contributed by atoms with E-state index < -0.39 is 35.2 Å². The highest BCUT2D eigenvalue weighted by molar-refractivity contribution is 7.99.